The van der Waals surface area contributed by atoms with Gasteiger partial charge in [-0.15, -0.1) is 0 Å². The molecular formula is C17H27N. The molecule has 100 valence electrons. The smallest absolute Gasteiger partial charge is 0.0320 e. The molecule has 0 spiro atoms. The molecule has 2 rings (SSSR count). The van der Waals surface area contributed by atoms with E-state index < -0.39 is 0 Å². The normalized spacial score (nSPS) is 16.0. The predicted octanol–water partition coefficient (Wildman–Crippen LogP) is 4.26. The molecule has 1 unspecified atom stereocenters. The molecule has 1 aromatic carbocycles. The van der Waals surface area contributed by atoms with E-state index in [9.17, 15) is 0 Å². The molecule has 1 N–H and O–H groups in total. The summed E-state index contributed by atoms with van der Waals surface area (Å²) in [6.07, 6.45) is 6.47. The molecule has 0 saturated heterocycles. The van der Waals surface area contributed by atoms with Gasteiger partial charge < -0.3 is 5.32 Å². The van der Waals surface area contributed by atoms with Gasteiger partial charge in [-0.1, -0.05) is 39.0 Å². The second-order valence-corrected chi connectivity index (χ2v) is 5.96. The lowest BCUT2D eigenvalue weighted by atomic mass is 9.95. The number of benzene rings is 1. The van der Waals surface area contributed by atoms with Crippen LogP contribution in [-0.2, 0) is 12.8 Å². The summed E-state index contributed by atoms with van der Waals surface area (Å²) in [6, 6.07) is 7.70. The zero-order valence-corrected chi connectivity index (χ0v) is 12.1. The van der Waals surface area contributed by atoms with Crippen LogP contribution in [0.25, 0.3) is 0 Å². The summed E-state index contributed by atoms with van der Waals surface area (Å²) >= 11 is 0. The Bertz CT molecular complexity index is 381. The number of hydrogen-bond donors (Lipinski definition) is 1. The molecule has 18 heavy (non-hydrogen) atoms. The van der Waals surface area contributed by atoms with Crippen LogP contribution in [0.3, 0.4) is 0 Å². The fourth-order valence-corrected chi connectivity index (χ4v) is 2.94. The second-order valence-electron chi connectivity index (χ2n) is 5.96. The van der Waals surface area contributed by atoms with Crippen LogP contribution in [0.15, 0.2) is 18.2 Å². The Labute approximate surface area is 112 Å². The summed E-state index contributed by atoms with van der Waals surface area (Å²) in [5.41, 5.74) is 4.68. The summed E-state index contributed by atoms with van der Waals surface area (Å²) in [5, 5.41) is 3.65. The molecule has 1 atom stereocenters. The van der Waals surface area contributed by atoms with Crippen molar-refractivity contribution in [2.45, 2.75) is 58.9 Å². The summed E-state index contributed by atoms with van der Waals surface area (Å²) in [7, 11) is 0. The van der Waals surface area contributed by atoms with Gasteiger partial charge in [0.1, 0.15) is 0 Å². The Morgan fingerprint density at radius 2 is 1.89 bits per heavy atom. The maximum Gasteiger partial charge on any atom is 0.0320 e. The fourth-order valence-electron chi connectivity index (χ4n) is 2.94. The number of hydrogen-bond acceptors (Lipinski definition) is 1. The second kappa shape index (κ2) is 6.38. The van der Waals surface area contributed by atoms with Crippen molar-refractivity contribution < 1.29 is 0 Å². The first-order chi connectivity index (χ1) is 8.70. The Hall–Kier alpha value is -0.820. The molecule has 1 aliphatic rings. The number of fused-ring (bicyclic) bond motifs is 1. The van der Waals surface area contributed by atoms with Crippen LogP contribution in [0.4, 0.5) is 0 Å². The van der Waals surface area contributed by atoms with E-state index in [2.05, 4.69) is 44.3 Å². The lowest BCUT2D eigenvalue weighted by molar-refractivity contribution is 0.448. The third-order valence-electron chi connectivity index (χ3n) is 4.01. The Kier molecular flexibility index (Phi) is 4.82. The molecular weight excluding hydrogens is 218 g/mol. The highest BCUT2D eigenvalue weighted by atomic mass is 14.9. The van der Waals surface area contributed by atoms with E-state index in [4.69, 9.17) is 0 Å². The highest BCUT2D eigenvalue weighted by Crippen LogP contribution is 2.27. The molecule has 0 amide bonds. The fraction of sp³-hybridized carbons (Fsp3) is 0.647. The van der Waals surface area contributed by atoms with Crippen molar-refractivity contribution in [3.63, 3.8) is 0 Å². The van der Waals surface area contributed by atoms with Gasteiger partial charge >= 0.3 is 0 Å². The zero-order chi connectivity index (χ0) is 13.0. The molecule has 0 saturated carbocycles. The first-order valence-corrected chi connectivity index (χ1v) is 7.55. The van der Waals surface area contributed by atoms with Gasteiger partial charge in [-0.05, 0) is 61.3 Å². The quantitative estimate of drug-likeness (QED) is 0.789. The minimum Gasteiger partial charge on any atom is -0.310 e. The first kappa shape index (κ1) is 13.6. The van der Waals surface area contributed by atoms with Gasteiger partial charge in [0.05, 0.1) is 0 Å². The SMILES string of the molecule is CCNC(CCC(C)C)c1ccc2c(c1)CCC2. The summed E-state index contributed by atoms with van der Waals surface area (Å²) in [4.78, 5) is 0. The molecule has 0 aliphatic heterocycles. The topological polar surface area (TPSA) is 12.0 Å². The van der Waals surface area contributed by atoms with Crippen molar-refractivity contribution in [3.05, 3.63) is 34.9 Å². The molecule has 0 radical (unpaired) electrons. The lowest BCUT2D eigenvalue weighted by Crippen LogP contribution is -2.21. The monoisotopic (exact) mass is 245 g/mol. The van der Waals surface area contributed by atoms with Gasteiger partial charge in [-0.3, -0.25) is 0 Å². The molecule has 1 aliphatic carbocycles. The van der Waals surface area contributed by atoms with Crippen LogP contribution in [0.1, 0.15) is 62.8 Å². The highest BCUT2D eigenvalue weighted by Gasteiger charge is 2.15. The minimum absolute atomic E-state index is 0.545. The van der Waals surface area contributed by atoms with Crippen molar-refractivity contribution in [1.82, 2.24) is 5.32 Å². The highest BCUT2D eigenvalue weighted by molar-refractivity contribution is 5.36. The van der Waals surface area contributed by atoms with E-state index in [1.54, 1.807) is 11.1 Å². The van der Waals surface area contributed by atoms with E-state index >= 15 is 0 Å². The molecule has 0 heterocycles. The van der Waals surface area contributed by atoms with Gasteiger partial charge in [-0.25, -0.2) is 0 Å². The number of rotatable bonds is 6. The standard InChI is InChI=1S/C17H27N/c1-4-18-17(11-8-13(2)3)16-10-9-14-6-5-7-15(14)12-16/h9-10,12-13,17-18H,4-8,11H2,1-3H3. The third kappa shape index (κ3) is 3.35. The van der Waals surface area contributed by atoms with Crippen LogP contribution < -0.4 is 5.32 Å². The summed E-state index contributed by atoms with van der Waals surface area (Å²) < 4.78 is 0. The molecule has 0 aromatic heterocycles. The van der Waals surface area contributed by atoms with Crippen molar-refractivity contribution in [1.29, 1.82) is 0 Å². The van der Waals surface area contributed by atoms with Crippen LogP contribution in [0.2, 0.25) is 0 Å². The molecule has 0 fully saturated rings. The van der Waals surface area contributed by atoms with E-state index in [0.29, 0.717) is 6.04 Å². The first-order valence-electron chi connectivity index (χ1n) is 7.55. The Morgan fingerprint density at radius 3 is 2.61 bits per heavy atom. The van der Waals surface area contributed by atoms with Crippen LogP contribution >= 0.6 is 0 Å². The molecule has 1 aromatic rings. The summed E-state index contributed by atoms with van der Waals surface area (Å²) in [5.74, 6) is 0.792. The maximum atomic E-state index is 3.65. The molecule has 1 heteroatoms. The van der Waals surface area contributed by atoms with E-state index in [1.165, 1.54) is 37.7 Å². The van der Waals surface area contributed by atoms with E-state index in [-0.39, 0.29) is 0 Å². The molecule has 0 bridgehead atoms. The lowest BCUT2D eigenvalue weighted by Gasteiger charge is -2.20. The predicted molar refractivity (Wildman–Crippen MR) is 79.0 cm³/mol. The third-order valence-corrected chi connectivity index (χ3v) is 4.01. The van der Waals surface area contributed by atoms with Crippen LogP contribution in [-0.4, -0.2) is 6.54 Å². The van der Waals surface area contributed by atoms with E-state index in [1.807, 2.05) is 0 Å². The maximum absolute atomic E-state index is 3.65. The number of nitrogens with one attached hydrogen (secondary N) is 1. The Morgan fingerprint density at radius 1 is 1.11 bits per heavy atom. The van der Waals surface area contributed by atoms with Crippen LogP contribution in [0.5, 0.6) is 0 Å². The average molecular weight is 245 g/mol. The largest absolute Gasteiger partial charge is 0.310 e. The van der Waals surface area contributed by atoms with Gasteiger partial charge in [0.15, 0.2) is 0 Å². The van der Waals surface area contributed by atoms with Crippen molar-refractivity contribution in [2.75, 3.05) is 6.54 Å². The van der Waals surface area contributed by atoms with Crippen molar-refractivity contribution in [3.8, 4) is 0 Å². The van der Waals surface area contributed by atoms with Crippen molar-refractivity contribution in [2.24, 2.45) is 5.92 Å². The van der Waals surface area contributed by atoms with Gasteiger partial charge in [-0.2, -0.15) is 0 Å². The number of aryl methyl sites for hydroxylation is 2. The van der Waals surface area contributed by atoms with E-state index in [0.717, 1.165) is 12.5 Å². The van der Waals surface area contributed by atoms with Gasteiger partial charge in [0.2, 0.25) is 0 Å². The Balaban J connectivity index is 2.09. The zero-order valence-electron chi connectivity index (χ0n) is 12.1. The van der Waals surface area contributed by atoms with Gasteiger partial charge in [0, 0.05) is 6.04 Å². The average Bonchev–Trinajstić information content (AvgIpc) is 2.81. The summed E-state index contributed by atoms with van der Waals surface area (Å²) in [6.45, 7) is 7.88. The van der Waals surface area contributed by atoms with Crippen LogP contribution in [0, 0.1) is 5.92 Å². The minimum atomic E-state index is 0.545. The molecule has 1 nitrogen and oxygen atoms in total. The van der Waals surface area contributed by atoms with Gasteiger partial charge in [0.25, 0.3) is 0 Å². The van der Waals surface area contributed by atoms with Crippen molar-refractivity contribution >= 4 is 0 Å².